The number of ketones is 2. The van der Waals surface area contributed by atoms with Crippen LogP contribution in [-0.2, 0) is 9.59 Å². The van der Waals surface area contributed by atoms with Gasteiger partial charge in [0.05, 0.1) is 6.10 Å². The summed E-state index contributed by atoms with van der Waals surface area (Å²) in [5, 5.41) is 31.9. The topological polar surface area (TPSA) is 94.8 Å². The van der Waals surface area contributed by atoms with E-state index in [-0.39, 0.29) is 34.9 Å². The third-order valence-electron chi connectivity index (χ3n) is 9.21. The molecule has 4 aliphatic carbocycles. The fraction of sp³-hybridized carbons (Fsp3) is 0.818. The molecule has 0 aromatic rings. The van der Waals surface area contributed by atoms with Crippen LogP contribution in [0.3, 0.4) is 0 Å². The monoisotopic (exact) mass is 376 g/mol. The number of allylic oxidation sites excluding steroid dienone is 1. The molecule has 5 heteroatoms. The molecule has 8 atom stereocenters. The number of aliphatic hydroxyl groups excluding tert-OH is 2. The Morgan fingerprint density at radius 1 is 1.30 bits per heavy atom. The van der Waals surface area contributed by atoms with E-state index < -0.39 is 29.5 Å². The Hall–Kier alpha value is -1.04. The largest absolute Gasteiger partial charge is 0.393 e. The number of rotatable bonds is 2. The van der Waals surface area contributed by atoms with Gasteiger partial charge in [0.1, 0.15) is 12.2 Å². The van der Waals surface area contributed by atoms with E-state index in [1.54, 1.807) is 0 Å². The zero-order valence-electron chi connectivity index (χ0n) is 16.6. The minimum Gasteiger partial charge on any atom is -0.393 e. The highest BCUT2D eigenvalue weighted by Crippen LogP contribution is 2.68. The van der Waals surface area contributed by atoms with Gasteiger partial charge >= 0.3 is 0 Å². The zero-order valence-corrected chi connectivity index (χ0v) is 16.6. The van der Waals surface area contributed by atoms with E-state index in [9.17, 15) is 24.9 Å². The average molecular weight is 376 g/mol. The number of carbonyl (C=O) groups is 2. The fourth-order valence-corrected chi connectivity index (χ4v) is 7.64. The number of fused-ring (bicyclic) bond motifs is 5. The molecule has 0 heterocycles. The average Bonchev–Trinajstić information content (AvgIpc) is 2.87. The van der Waals surface area contributed by atoms with Gasteiger partial charge < -0.3 is 15.3 Å². The molecule has 27 heavy (non-hydrogen) atoms. The summed E-state index contributed by atoms with van der Waals surface area (Å²) >= 11 is 0. The molecule has 4 rings (SSSR count). The summed E-state index contributed by atoms with van der Waals surface area (Å²) < 4.78 is 0. The van der Waals surface area contributed by atoms with Crippen molar-refractivity contribution >= 4 is 11.6 Å². The molecule has 3 N–H and O–H groups in total. The van der Waals surface area contributed by atoms with Crippen molar-refractivity contribution in [1.29, 1.82) is 0 Å². The van der Waals surface area contributed by atoms with Crippen molar-refractivity contribution in [2.75, 3.05) is 6.61 Å². The van der Waals surface area contributed by atoms with Crippen LogP contribution in [0.25, 0.3) is 0 Å². The van der Waals surface area contributed by atoms with Crippen molar-refractivity contribution in [3.8, 4) is 0 Å². The number of Topliss-reactive ketones (excluding diaryl/α,β-unsaturated/α-hetero) is 1. The minimum atomic E-state index is -1.55. The maximum absolute atomic E-state index is 12.4. The van der Waals surface area contributed by atoms with Crippen LogP contribution in [0.4, 0.5) is 0 Å². The van der Waals surface area contributed by atoms with Gasteiger partial charge in [0.25, 0.3) is 0 Å². The van der Waals surface area contributed by atoms with Crippen LogP contribution in [0.1, 0.15) is 59.3 Å². The van der Waals surface area contributed by atoms with Gasteiger partial charge in [-0.15, -0.1) is 0 Å². The lowest BCUT2D eigenvalue weighted by Gasteiger charge is -2.61. The van der Waals surface area contributed by atoms with Gasteiger partial charge in [-0.2, -0.15) is 0 Å². The number of carbonyl (C=O) groups excluding carboxylic acids is 2. The maximum atomic E-state index is 12.4. The summed E-state index contributed by atoms with van der Waals surface area (Å²) in [4.78, 5) is 24.5. The first kappa shape index (κ1) is 19.3. The van der Waals surface area contributed by atoms with Crippen molar-refractivity contribution in [3.05, 3.63) is 11.6 Å². The molecule has 0 bridgehead atoms. The van der Waals surface area contributed by atoms with E-state index in [1.807, 2.05) is 13.0 Å². The zero-order chi connectivity index (χ0) is 19.8. The molecule has 0 aromatic heterocycles. The Balaban J connectivity index is 1.76. The molecule has 4 aliphatic rings. The molecule has 0 aliphatic heterocycles. The van der Waals surface area contributed by atoms with Crippen molar-refractivity contribution in [2.24, 2.45) is 34.5 Å². The quantitative estimate of drug-likeness (QED) is 0.685. The van der Waals surface area contributed by atoms with Gasteiger partial charge in [0.15, 0.2) is 11.6 Å². The van der Waals surface area contributed by atoms with Gasteiger partial charge in [-0.05, 0) is 67.3 Å². The SMILES string of the molecule is CC1CC(=O)C=C2CC[C@@H]3[C@H]([C@@H](O)C[C@@]4(C)[C@H]3CC[C@]4(O)C(=O)CO)[C@]21C. The van der Waals surface area contributed by atoms with Crippen molar-refractivity contribution < 1.29 is 24.9 Å². The molecule has 5 nitrogen and oxygen atoms in total. The molecule has 0 aromatic carbocycles. The van der Waals surface area contributed by atoms with E-state index in [4.69, 9.17) is 0 Å². The lowest BCUT2D eigenvalue weighted by molar-refractivity contribution is -0.185. The Morgan fingerprint density at radius 3 is 2.67 bits per heavy atom. The van der Waals surface area contributed by atoms with E-state index in [2.05, 4.69) is 13.8 Å². The molecule has 0 amide bonds. The van der Waals surface area contributed by atoms with Crippen LogP contribution < -0.4 is 0 Å². The maximum Gasteiger partial charge on any atom is 0.190 e. The first-order valence-corrected chi connectivity index (χ1v) is 10.4. The van der Waals surface area contributed by atoms with Gasteiger partial charge in [-0.25, -0.2) is 0 Å². The molecular formula is C22H32O5. The van der Waals surface area contributed by atoms with E-state index >= 15 is 0 Å². The van der Waals surface area contributed by atoms with Crippen LogP contribution in [0.2, 0.25) is 0 Å². The Labute approximate surface area is 160 Å². The molecule has 0 radical (unpaired) electrons. The highest BCUT2D eigenvalue weighted by Gasteiger charge is 2.68. The molecular weight excluding hydrogens is 344 g/mol. The van der Waals surface area contributed by atoms with Crippen LogP contribution in [-0.4, -0.2) is 45.2 Å². The fourth-order valence-electron chi connectivity index (χ4n) is 7.64. The number of hydrogen-bond acceptors (Lipinski definition) is 5. The highest BCUT2D eigenvalue weighted by atomic mass is 16.3. The molecule has 3 fully saturated rings. The molecule has 0 spiro atoms. The normalized spacial score (nSPS) is 51.9. The summed E-state index contributed by atoms with van der Waals surface area (Å²) in [5.74, 6) is 0.262. The Kier molecular flexibility index (Phi) is 4.27. The Bertz CT molecular complexity index is 713. The third-order valence-corrected chi connectivity index (χ3v) is 9.21. The second-order valence-electron chi connectivity index (χ2n) is 10.0. The molecule has 0 saturated heterocycles. The van der Waals surface area contributed by atoms with Crippen LogP contribution in [0.15, 0.2) is 11.6 Å². The van der Waals surface area contributed by atoms with Gasteiger partial charge in [-0.1, -0.05) is 26.3 Å². The second-order valence-corrected chi connectivity index (χ2v) is 10.0. The predicted molar refractivity (Wildman–Crippen MR) is 99.7 cm³/mol. The summed E-state index contributed by atoms with van der Waals surface area (Å²) in [7, 11) is 0. The number of aliphatic hydroxyl groups is 3. The van der Waals surface area contributed by atoms with Crippen molar-refractivity contribution in [3.63, 3.8) is 0 Å². The smallest absolute Gasteiger partial charge is 0.190 e. The Morgan fingerprint density at radius 2 is 2.00 bits per heavy atom. The third kappa shape index (κ3) is 2.28. The lowest BCUT2D eigenvalue weighted by atomic mass is 9.43. The highest BCUT2D eigenvalue weighted by molar-refractivity contribution is 5.92. The van der Waals surface area contributed by atoms with E-state index in [0.29, 0.717) is 19.3 Å². The summed E-state index contributed by atoms with van der Waals surface area (Å²) in [6.07, 6.45) is 4.90. The second kappa shape index (κ2) is 5.98. The predicted octanol–water partition coefficient (Wildman–Crippen LogP) is 2.03. The van der Waals surface area contributed by atoms with Crippen molar-refractivity contribution in [1.82, 2.24) is 0 Å². The summed E-state index contributed by atoms with van der Waals surface area (Å²) in [6.45, 7) is 5.60. The van der Waals surface area contributed by atoms with Gasteiger partial charge in [0, 0.05) is 11.8 Å². The van der Waals surface area contributed by atoms with E-state index in [1.165, 1.54) is 5.57 Å². The van der Waals surface area contributed by atoms with Crippen molar-refractivity contribution in [2.45, 2.75) is 71.0 Å². The van der Waals surface area contributed by atoms with Gasteiger partial charge in [0.2, 0.25) is 0 Å². The van der Waals surface area contributed by atoms with Crippen LogP contribution in [0, 0.1) is 34.5 Å². The standard InChI is InChI=1S/C22H32O5/c1-12-8-14(24)9-13-4-5-15-16-6-7-22(27,18(26)11-23)20(16,2)10-17(25)19(15)21(12,13)3/h9,12,15-17,19,23,25,27H,4-8,10-11H2,1-3H3/t12?,15-,16-,17-,19+,20-,21-,22-/m0/s1. The van der Waals surface area contributed by atoms with Gasteiger partial charge in [-0.3, -0.25) is 9.59 Å². The molecule has 3 saturated carbocycles. The van der Waals surface area contributed by atoms with Crippen LogP contribution >= 0.6 is 0 Å². The summed E-state index contributed by atoms with van der Waals surface area (Å²) in [5.41, 5.74) is -1.29. The molecule has 150 valence electrons. The van der Waals surface area contributed by atoms with Crippen LogP contribution in [0.5, 0.6) is 0 Å². The first-order chi connectivity index (χ1) is 12.6. The summed E-state index contributed by atoms with van der Waals surface area (Å²) in [6, 6.07) is 0. The first-order valence-electron chi connectivity index (χ1n) is 10.4. The molecule has 1 unspecified atom stereocenters. The lowest BCUT2D eigenvalue weighted by Crippen LogP contribution is -2.63. The van der Waals surface area contributed by atoms with E-state index in [0.717, 1.165) is 19.3 Å². The number of hydrogen-bond donors (Lipinski definition) is 3. The minimum absolute atomic E-state index is 0.0465.